The summed E-state index contributed by atoms with van der Waals surface area (Å²) in [6.07, 6.45) is 0.539. The van der Waals surface area contributed by atoms with Gasteiger partial charge in [0.05, 0.1) is 7.11 Å². The Morgan fingerprint density at radius 3 is 2.12 bits per heavy atom. The Morgan fingerprint density at radius 1 is 1.00 bits per heavy atom. The number of piperazine rings is 1. The van der Waals surface area contributed by atoms with Gasteiger partial charge in [-0.05, 0) is 29.7 Å². The second-order valence-corrected chi connectivity index (χ2v) is 7.87. The van der Waals surface area contributed by atoms with Crippen LogP contribution in [0.3, 0.4) is 0 Å². The van der Waals surface area contributed by atoms with Gasteiger partial charge in [-0.25, -0.2) is 0 Å². The third kappa shape index (κ3) is 6.16. The van der Waals surface area contributed by atoms with E-state index in [9.17, 15) is 9.59 Å². The molecule has 1 heterocycles. The smallest absolute Gasteiger partial charge is 0.223 e. The molecule has 2 rings (SSSR count). The molecule has 138 valence electrons. The quantitative estimate of drug-likeness (QED) is 0.743. The van der Waals surface area contributed by atoms with Crippen LogP contribution in [-0.2, 0) is 4.79 Å². The molecule has 0 radical (unpaired) electrons. The third-order valence-electron chi connectivity index (χ3n) is 4.40. The summed E-state index contributed by atoms with van der Waals surface area (Å²) in [5.41, 5.74) is 0.903. The predicted molar refractivity (Wildman–Crippen MR) is 99.0 cm³/mol. The fourth-order valence-corrected chi connectivity index (χ4v) is 3.13. The maximum atomic E-state index is 12.4. The maximum absolute atomic E-state index is 12.4. The number of Topliss-reactive ketones (excluding diaryl/α,β-unsaturated/α-hetero) is 1. The summed E-state index contributed by atoms with van der Waals surface area (Å²) in [4.78, 5) is 28.9. The number of hydrogen-bond acceptors (Lipinski definition) is 4. The van der Waals surface area contributed by atoms with Gasteiger partial charge in [0.25, 0.3) is 0 Å². The number of carbonyl (C=O) groups excluding carboxylic acids is 2. The molecule has 0 saturated carbocycles. The van der Waals surface area contributed by atoms with E-state index in [1.807, 2.05) is 4.90 Å². The molecule has 0 aliphatic carbocycles. The number of ketones is 1. The van der Waals surface area contributed by atoms with Crippen LogP contribution >= 0.6 is 0 Å². The second kappa shape index (κ2) is 8.48. The number of methoxy groups -OCH3 is 1. The average Bonchev–Trinajstić information content (AvgIpc) is 2.58. The number of amides is 1. The van der Waals surface area contributed by atoms with E-state index in [2.05, 4.69) is 25.7 Å². The van der Waals surface area contributed by atoms with Gasteiger partial charge in [0.1, 0.15) is 5.75 Å². The summed E-state index contributed by atoms with van der Waals surface area (Å²) < 4.78 is 5.09. The molecule has 0 atom stereocenters. The number of ether oxygens (including phenoxy) is 1. The number of hydrogen-bond donors (Lipinski definition) is 0. The molecule has 0 bridgehead atoms. The maximum Gasteiger partial charge on any atom is 0.223 e. The van der Waals surface area contributed by atoms with Crippen LogP contribution in [0.5, 0.6) is 5.75 Å². The third-order valence-corrected chi connectivity index (χ3v) is 4.40. The minimum atomic E-state index is 0.00220. The Labute approximate surface area is 150 Å². The molecule has 1 aliphatic rings. The number of carbonyl (C=O) groups is 2. The van der Waals surface area contributed by atoms with Crippen molar-refractivity contribution >= 4 is 11.7 Å². The lowest BCUT2D eigenvalue weighted by atomic mass is 9.96. The minimum absolute atomic E-state index is 0.00220. The molecule has 0 spiro atoms. The molecule has 1 fully saturated rings. The molecular weight excluding hydrogens is 316 g/mol. The van der Waals surface area contributed by atoms with Crippen LogP contribution in [0.25, 0.3) is 0 Å². The summed E-state index contributed by atoms with van der Waals surface area (Å²) >= 11 is 0. The van der Waals surface area contributed by atoms with Gasteiger partial charge in [0.15, 0.2) is 5.78 Å². The van der Waals surface area contributed by atoms with Crippen LogP contribution in [-0.4, -0.2) is 61.3 Å². The summed E-state index contributed by atoms with van der Waals surface area (Å²) in [6, 6.07) is 7.03. The van der Waals surface area contributed by atoms with Gasteiger partial charge in [0, 0.05) is 51.1 Å². The molecule has 1 aromatic carbocycles. The number of rotatable bonds is 6. The van der Waals surface area contributed by atoms with Crippen LogP contribution in [0.4, 0.5) is 0 Å². The van der Waals surface area contributed by atoms with Crippen molar-refractivity contribution in [1.29, 1.82) is 0 Å². The Kier molecular flexibility index (Phi) is 6.59. The Bertz CT molecular complexity index is 582. The molecule has 0 unspecified atom stereocenters. The van der Waals surface area contributed by atoms with Crippen molar-refractivity contribution in [3.63, 3.8) is 0 Å². The lowest BCUT2D eigenvalue weighted by molar-refractivity contribution is -0.133. The zero-order chi connectivity index (χ0) is 18.4. The van der Waals surface area contributed by atoms with Crippen molar-refractivity contribution in [2.45, 2.75) is 33.6 Å². The highest BCUT2D eigenvalue weighted by atomic mass is 16.5. The molecule has 0 N–H and O–H groups in total. The van der Waals surface area contributed by atoms with Crippen molar-refractivity contribution in [3.8, 4) is 5.75 Å². The van der Waals surface area contributed by atoms with Crippen LogP contribution in [0.15, 0.2) is 24.3 Å². The minimum Gasteiger partial charge on any atom is -0.497 e. The first-order chi connectivity index (χ1) is 11.8. The van der Waals surface area contributed by atoms with E-state index in [4.69, 9.17) is 4.74 Å². The highest BCUT2D eigenvalue weighted by Crippen LogP contribution is 2.17. The zero-order valence-corrected chi connectivity index (χ0v) is 15.9. The SMILES string of the molecule is COc1ccc(C(=O)CCC(=O)N2CCN(CC(C)(C)C)CC2)cc1. The summed E-state index contributed by atoms with van der Waals surface area (Å²) in [5, 5.41) is 0. The van der Waals surface area contributed by atoms with Gasteiger partial charge in [-0.3, -0.25) is 14.5 Å². The van der Waals surface area contributed by atoms with E-state index in [1.165, 1.54) is 0 Å². The van der Waals surface area contributed by atoms with Crippen molar-refractivity contribution in [2.24, 2.45) is 5.41 Å². The molecule has 5 nitrogen and oxygen atoms in total. The predicted octanol–water partition coefficient (Wildman–Crippen LogP) is 2.85. The largest absolute Gasteiger partial charge is 0.497 e. The first-order valence-corrected chi connectivity index (χ1v) is 8.96. The highest BCUT2D eigenvalue weighted by molar-refractivity contribution is 5.98. The summed E-state index contributed by atoms with van der Waals surface area (Å²) in [6.45, 7) is 11.1. The molecular formula is C20H30N2O3. The van der Waals surface area contributed by atoms with Crippen LogP contribution in [0.1, 0.15) is 44.0 Å². The van der Waals surface area contributed by atoms with Gasteiger partial charge in [-0.1, -0.05) is 20.8 Å². The summed E-state index contributed by atoms with van der Waals surface area (Å²) in [7, 11) is 1.59. The van der Waals surface area contributed by atoms with Crippen molar-refractivity contribution < 1.29 is 14.3 Å². The van der Waals surface area contributed by atoms with E-state index >= 15 is 0 Å². The first kappa shape index (κ1) is 19.4. The standard InChI is InChI=1S/C20H30N2O3/c1-20(2,3)15-21-11-13-22(14-12-21)19(24)10-9-18(23)16-5-7-17(25-4)8-6-16/h5-8H,9-15H2,1-4H3. The Morgan fingerprint density at radius 2 is 1.60 bits per heavy atom. The molecule has 1 amide bonds. The monoisotopic (exact) mass is 346 g/mol. The highest BCUT2D eigenvalue weighted by Gasteiger charge is 2.24. The van der Waals surface area contributed by atoms with Gasteiger partial charge in [-0.15, -0.1) is 0 Å². The van der Waals surface area contributed by atoms with Gasteiger partial charge in [0.2, 0.25) is 5.91 Å². The van der Waals surface area contributed by atoms with E-state index in [1.54, 1.807) is 31.4 Å². The number of nitrogens with zero attached hydrogens (tertiary/aromatic N) is 2. The topological polar surface area (TPSA) is 49.9 Å². The molecule has 1 saturated heterocycles. The molecule has 1 aromatic rings. The molecule has 0 aromatic heterocycles. The second-order valence-electron chi connectivity index (χ2n) is 7.87. The Balaban J connectivity index is 1.76. The molecule has 1 aliphatic heterocycles. The van der Waals surface area contributed by atoms with Crippen molar-refractivity contribution in [1.82, 2.24) is 9.80 Å². The van der Waals surface area contributed by atoms with Gasteiger partial charge >= 0.3 is 0 Å². The Hall–Kier alpha value is -1.88. The summed E-state index contributed by atoms with van der Waals surface area (Å²) in [5.74, 6) is 0.806. The normalized spacial score (nSPS) is 15.9. The first-order valence-electron chi connectivity index (χ1n) is 8.96. The van der Waals surface area contributed by atoms with Crippen LogP contribution in [0.2, 0.25) is 0 Å². The lowest BCUT2D eigenvalue weighted by Crippen LogP contribution is -2.50. The fraction of sp³-hybridized carbons (Fsp3) is 0.600. The molecule has 5 heteroatoms. The van der Waals surface area contributed by atoms with E-state index in [0.717, 1.165) is 38.5 Å². The zero-order valence-electron chi connectivity index (χ0n) is 15.9. The van der Waals surface area contributed by atoms with Gasteiger partial charge < -0.3 is 9.64 Å². The molecule has 25 heavy (non-hydrogen) atoms. The van der Waals surface area contributed by atoms with E-state index in [-0.39, 0.29) is 29.9 Å². The lowest BCUT2D eigenvalue weighted by Gasteiger charge is -2.37. The van der Waals surface area contributed by atoms with E-state index in [0.29, 0.717) is 5.56 Å². The van der Waals surface area contributed by atoms with Gasteiger partial charge in [-0.2, -0.15) is 0 Å². The van der Waals surface area contributed by atoms with Crippen molar-refractivity contribution in [2.75, 3.05) is 39.8 Å². The van der Waals surface area contributed by atoms with Crippen LogP contribution < -0.4 is 4.74 Å². The van der Waals surface area contributed by atoms with E-state index < -0.39 is 0 Å². The number of benzene rings is 1. The average molecular weight is 346 g/mol. The van der Waals surface area contributed by atoms with Crippen molar-refractivity contribution in [3.05, 3.63) is 29.8 Å². The fourth-order valence-electron chi connectivity index (χ4n) is 3.13. The van der Waals surface area contributed by atoms with Crippen LogP contribution in [0, 0.1) is 5.41 Å².